The Kier molecular flexibility index (Phi) is 6.13. The standard InChI is InChI=1S/C21H28N2O/c1-14(2)17-8-6-9-18(15(3)4)19(17)12-13-22-21-11-7-10-20(23-21)16(5)24/h6-11,14-15H,12-13H2,1-5H3,(H,22,23). The fourth-order valence-electron chi connectivity index (χ4n) is 3.04. The predicted molar refractivity (Wildman–Crippen MR) is 101 cm³/mol. The van der Waals surface area contributed by atoms with Crippen molar-refractivity contribution in [1.82, 2.24) is 4.98 Å². The van der Waals surface area contributed by atoms with Gasteiger partial charge in [0.1, 0.15) is 11.5 Å². The van der Waals surface area contributed by atoms with Crippen LogP contribution in [0.2, 0.25) is 0 Å². The monoisotopic (exact) mass is 324 g/mol. The summed E-state index contributed by atoms with van der Waals surface area (Å²) >= 11 is 0. The van der Waals surface area contributed by atoms with E-state index in [-0.39, 0.29) is 5.78 Å². The molecular formula is C21H28N2O. The van der Waals surface area contributed by atoms with Crippen LogP contribution >= 0.6 is 0 Å². The zero-order valence-corrected chi connectivity index (χ0v) is 15.4. The highest BCUT2D eigenvalue weighted by atomic mass is 16.1. The normalized spacial score (nSPS) is 11.1. The fraction of sp³-hybridized carbons (Fsp3) is 0.429. The number of carbonyl (C=O) groups excluding carboxylic acids is 1. The summed E-state index contributed by atoms with van der Waals surface area (Å²) in [5.74, 6) is 1.78. The summed E-state index contributed by atoms with van der Waals surface area (Å²) in [5, 5.41) is 3.36. The van der Waals surface area contributed by atoms with Gasteiger partial charge in [0.2, 0.25) is 0 Å². The van der Waals surface area contributed by atoms with Crippen LogP contribution in [0.1, 0.15) is 73.6 Å². The molecule has 0 atom stereocenters. The van der Waals surface area contributed by atoms with Gasteiger partial charge in [0.25, 0.3) is 0 Å². The van der Waals surface area contributed by atoms with E-state index in [1.807, 2.05) is 12.1 Å². The van der Waals surface area contributed by atoms with E-state index in [4.69, 9.17) is 0 Å². The summed E-state index contributed by atoms with van der Waals surface area (Å²) < 4.78 is 0. The van der Waals surface area contributed by atoms with Gasteiger partial charge in [0.15, 0.2) is 5.78 Å². The van der Waals surface area contributed by atoms with Crippen LogP contribution in [-0.2, 0) is 6.42 Å². The average molecular weight is 324 g/mol. The first-order valence-electron chi connectivity index (χ1n) is 8.73. The van der Waals surface area contributed by atoms with Crippen LogP contribution in [0.25, 0.3) is 0 Å². The minimum Gasteiger partial charge on any atom is -0.370 e. The van der Waals surface area contributed by atoms with Crippen LogP contribution in [0.5, 0.6) is 0 Å². The van der Waals surface area contributed by atoms with Gasteiger partial charge < -0.3 is 5.32 Å². The van der Waals surface area contributed by atoms with E-state index < -0.39 is 0 Å². The lowest BCUT2D eigenvalue weighted by atomic mass is 9.87. The van der Waals surface area contributed by atoms with Crippen molar-refractivity contribution in [2.45, 2.75) is 52.9 Å². The molecule has 3 nitrogen and oxygen atoms in total. The lowest BCUT2D eigenvalue weighted by Gasteiger charge is -2.20. The fourth-order valence-corrected chi connectivity index (χ4v) is 3.04. The van der Waals surface area contributed by atoms with Crippen LogP contribution in [0.15, 0.2) is 36.4 Å². The molecule has 2 aromatic rings. The second-order valence-corrected chi connectivity index (χ2v) is 6.87. The SMILES string of the molecule is CC(=O)c1cccc(NCCc2c(C(C)C)cccc2C(C)C)n1. The molecule has 0 radical (unpaired) electrons. The minimum absolute atomic E-state index is 0.00843. The van der Waals surface area contributed by atoms with Crippen LogP contribution < -0.4 is 5.32 Å². The van der Waals surface area contributed by atoms with Gasteiger partial charge >= 0.3 is 0 Å². The van der Waals surface area contributed by atoms with Crippen LogP contribution in [0, 0.1) is 0 Å². The Morgan fingerprint density at radius 1 is 1.00 bits per heavy atom. The molecule has 1 heterocycles. The van der Waals surface area contributed by atoms with Gasteiger partial charge in [-0.25, -0.2) is 4.98 Å². The Bertz CT molecular complexity index is 678. The molecule has 3 heteroatoms. The highest BCUT2D eigenvalue weighted by molar-refractivity contribution is 5.92. The number of Topliss-reactive ketones (excluding diaryl/α,β-unsaturated/α-hetero) is 1. The molecule has 0 saturated carbocycles. The van der Waals surface area contributed by atoms with Gasteiger partial charge in [-0.3, -0.25) is 4.79 Å². The smallest absolute Gasteiger partial charge is 0.178 e. The molecule has 2 rings (SSSR count). The Balaban J connectivity index is 2.14. The van der Waals surface area contributed by atoms with E-state index in [1.165, 1.54) is 16.7 Å². The zero-order valence-electron chi connectivity index (χ0n) is 15.4. The number of nitrogens with zero attached hydrogens (tertiary/aromatic N) is 1. The number of benzene rings is 1. The van der Waals surface area contributed by atoms with E-state index in [0.717, 1.165) is 18.8 Å². The quantitative estimate of drug-likeness (QED) is 0.713. The number of hydrogen-bond acceptors (Lipinski definition) is 3. The van der Waals surface area contributed by atoms with Gasteiger partial charge in [-0.1, -0.05) is 52.0 Å². The highest BCUT2D eigenvalue weighted by Gasteiger charge is 2.13. The summed E-state index contributed by atoms with van der Waals surface area (Å²) in [5.41, 5.74) is 4.80. The molecule has 0 fully saturated rings. The largest absolute Gasteiger partial charge is 0.370 e. The third-order valence-corrected chi connectivity index (χ3v) is 4.28. The average Bonchev–Trinajstić information content (AvgIpc) is 2.54. The molecule has 1 N–H and O–H groups in total. The van der Waals surface area contributed by atoms with Crippen molar-refractivity contribution in [3.8, 4) is 0 Å². The van der Waals surface area contributed by atoms with Gasteiger partial charge in [0, 0.05) is 13.5 Å². The highest BCUT2D eigenvalue weighted by Crippen LogP contribution is 2.28. The first-order valence-corrected chi connectivity index (χ1v) is 8.73. The van der Waals surface area contributed by atoms with Crippen molar-refractivity contribution >= 4 is 11.6 Å². The lowest BCUT2D eigenvalue weighted by Crippen LogP contribution is -2.12. The topological polar surface area (TPSA) is 42.0 Å². The summed E-state index contributed by atoms with van der Waals surface area (Å²) in [4.78, 5) is 15.8. The third kappa shape index (κ3) is 4.44. The Morgan fingerprint density at radius 2 is 1.58 bits per heavy atom. The van der Waals surface area contributed by atoms with E-state index in [0.29, 0.717) is 17.5 Å². The molecule has 1 aromatic carbocycles. The molecule has 1 aromatic heterocycles. The molecule has 0 amide bonds. The molecule has 0 aliphatic heterocycles. The maximum atomic E-state index is 11.4. The number of aromatic nitrogens is 1. The number of rotatable bonds is 7. The summed E-state index contributed by atoms with van der Waals surface area (Å²) in [7, 11) is 0. The van der Waals surface area contributed by atoms with E-state index in [2.05, 4.69) is 56.2 Å². The maximum Gasteiger partial charge on any atom is 0.178 e. The predicted octanol–water partition coefficient (Wildman–Crippen LogP) is 5.19. The van der Waals surface area contributed by atoms with E-state index in [1.54, 1.807) is 13.0 Å². The number of ketones is 1. The van der Waals surface area contributed by atoms with E-state index >= 15 is 0 Å². The first-order chi connectivity index (χ1) is 11.4. The minimum atomic E-state index is -0.00843. The first kappa shape index (κ1) is 18.2. The van der Waals surface area contributed by atoms with Crippen molar-refractivity contribution in [2.24, 2.45) is 0 Å². The van der Waals surface area contributed by atoms with Crippen LogP contribution in [-0.4, -0.2) is 17.3 Å². The van der Waals surface area contributed by atoms with Gasteiger partial charge in [-0.05, 0) is 47.1 Å². The molecule has 0 aliphatic carbocycles. The van der Waals surface area contributed by atoms with Crippen molar-refractivity contribution < 1.29 is 4.79 Å². The Morgan fingerprint density at radius 3 is 2.12 bits per heavy atom. The summed E-state index contributed by atoms with van der Waals surface area (Å²) in [6, 6.07) is 12.2. The molecule has 128 valence electrons. The summed E-state index contributed by atoms with van der Waals surface area (Å²) in [6.07, 6.45) is 0.952. The van der Waals surface area contributed by atoms with Crippen molar-refractivity contribution in [3.05, 3.63) is 58.8 Å². The molecule has 24 heavy (non-hydrogen) atoms. The number of nitrogens with one attached hydrogen (secondary N) is 1. The van der Waals surface area contributed by atoms with Gasteiger partial charge in [-0.2, -0.15) is 0 Å². The maximum absolute atomic E-state index is 11.4. The van der Waals surface area contributed by atoms with Crippen molar-refractivity contribution in [3.63, 3.8) is 0 Å². The Hall–Kier alpha value is -2.16. The van der Waals surface area contributed by atoms with Crippen LogP contribution in [0.3, 0.4) is 0 Å². The number of pyridine rings is 1. The molecular weight excluding hydrogens is 296 g/mol. The Labute approximate surface area is 145 Å². The molecule has 0 unspecified atom stereocenters. The van der Waals surface area contributed by atoms with E-state index in [9.17, 15) is 4.79 Å². The number of hydrogen-bond donors (Lipinski definition) is 1. The second kappa shape index (κ2) is 8.09. The van der Waals surface area contributed by atoms with Crippen LogP contribution in [0.4, 0.5) is 5.82 Å². The number of carbonyl (C=O) groups is 1. The lowest BCUT2D eigenvalue weighted by molar-refractivity contribution is 0.101. The van der Waals surface area contributed by atoms with Crippen molar-refractivity contribution in [2.75, 3.05) is 11.9 Å². The molecule has 0 spiro atoms. The summed E-state index contributed by atoms with van der Waals surface area (Å²) in [6.45, 7) is 11.3. The molecule has 0 bridgehead atoms. The number of anilines is 1. The van der Waals surface area contributed by atoms with Gasteiger partial charge in [0.05, 0.1) is 0 Å². The molecule has 0 aliphatic rings. The second-order valence-electron chi connectivity index (χ2n) is 6.87. The van der Waals surface area contributed by atoms with Gasteiger partial charge in [-0.15, -0.1) is 0 Å². The van der Waals surface area contributed by atoms with Crippen molar-refractivity contribution in [1.29, 1.82) is 0 Å². The zero-order chi connectivity index (χ0) is 17.7. The third-order valence-electron chi connectivity index (χ3n) is 4.28. The molecule has 0 saturated heterocycles.